The number of amides is 1. The molecular formula is C19H22N2O4. The van der Waals surface area contributed by atoms with Crippen LogP contribution in [0.4, 0.5) is 5.69 Å². The normalized spacial score (nSPS) is 16.8. The number of carbonyl (C=O) groups is 1. The van der Waals surface area contributed by atoms with Gasteiger partial charge in [-0.2, -0.15) is 0 Å². The van der Waals surface area contributed by atoms with Gasteiger partial charge in [0.25, 0.3) is 5.91 Å². The fourth-order valence-corrected chi connectivity index (χ4v) is 2.93. The van der Waals surface area contributed by atoms with Gasteiger partial charge < -0.3 is 19.0 Å². The monoisotopic (exact) mass is 342 g/mol. The van der Waals surface area contributed by atoms with Crippen LogP contribution >= 0.6 is 0 Å². The Hall–Kier alpha value is -2.76. The molecule has 6 nitrogen and oxygen atoms in total. The minimum Gasteiger partial charge on any atom is -0.488 e. The van der Waals surface area contributed by atoms with E-state index in [0.29, 0.717) is 30.2 Å². The van der Waals surface area contributed by atoms with E-state index in [1.165, 1.54) is 6.07 Å². The lowest BCUT2D eigenvalue weighted by molar-refractivity contribution is 0.0772. The summed E-state index contributed by atoms with van der Waals surface area (Å²) >= 11 is 0. The molecule has 132 valence electrons. The zero-order valence-electron chi connectivity index (χ0n) is 14.7. The molecular weight excluding hydrogens is 320 g/mol. The van der Waals surface area contributed by atoms with Crippen molar-refractivity contribution in [2.75, 3.05) is 32.1 Å². The molecule has 0 saturated carbocycles. The van der Waals surface area contributed by atoms with E-state index in [1.54, 1.807) is 17.9 Å². The number of aryl methyl sites for hydroxylation is 1. The van der Waals surface area contributed by atoms with Gasteiger partial charge in [-0.3, -0.25) is 4.79 Å². The Morgan fingerprint density at radius 2 is 1.96 bits per heavy atom. The Morgan fingerprint density at radius 3 is 2.60 bits per heavy atom. The van der Waals surface area contributed by atoms with E-state index in [2.05, 4.69) is 0 Å². The molecule has 25 heavy (non-hydrogen) atoms. The Balaban J connectivity index is 1.63. The second kappa shape index (κ2) is 7.01. The molecule has 1 aromatic heterocycles. The number of anilines is 1. The van der Waals surface area contributed by atoms with Crippen molar-refractivity contribution in [2.45, 2.75) is 19.4 Å². The quantitative estimate of drug-likeness (QED) is 0.853. The Bertz CT molecular complexity index is 811. The third kappa shape index (κ3) is 4.02. The molecule has 2 aromatic rings. The van der Waals surface area contributed by atoms with Gasteiger partial charge in [-0.05, 0) is 31.2 Å². The van der Waals surface area contributed by atoms with E-state index < -0.39 is 5.63 Å². The molecule has 0 aliphatic carbocycles. The minimum atomic E-state index is -0.429. The Morgan fingerprint density at radius 1 is 1.24 bits per heavy atom. The highest BCUT2D eigenvalue weighted by atomic mass is 16.5. The summed E-state index contributed by atoms with van der Waals surface area (Å²) in [5.41, 5.74) is 1.29. The van der Waals surface area contributed by atoms with Crippen LogP contribution in [0.15, 0.2) is 45.6 Å². The van der Waals surface area contributed by atoms with Crippen LogP contribution in [0.1, 0.15) is 22.5 Å². The number of ether oxygens (including phenoxy) is 1. The first kappa shape index (κ1) is 17.1. The van der Waals surface area contributed by atoms with E-state index in [1.807, 2.05) is 43.3 Å². The number of hydrogen-bond acceptors (Lipinski definition) is 5. The average Bonchev–Trinajstić information content (AvgIpc) is 3.01. The van der Waals surface area contributed by atoms with Crippen molar-refractivity contribution < 1.29 is 13.9 Å². The van der Waals surface area contributed by atoms with Crippen LogP contribution in [-0.4, -0.2) is 44.1 Å². The first-order chi connectivity index (χ1) is 11.9. The predicted molar refractivity (Wildman–Crippen MR) is 95.4 cm³/mol. The molecule has 0 N–H and O–H groups in total. The van der Waals surface area contributed by atoms with E-state index >= 15 is 0 Å². The minimum absolute atomic E-state index is 0.000150. The average molecular weight is 342 g/mol. The number of carbonyl (C=O) groups excluding carboxylic acids is 1. The van der Waals surface area contributed by atoms with Crippen molar-refractivity contribution in [1.29, 1.82) is 0 Å². The van der Waals surface area contributed by atoms with E-state index in [9.17, 15) is 9.59 Å². The number of rotatable bonds is 4. The summed E-state index contributed by atoms with van der Waals surface area (Å²) in [4.78, 5) is 27.8. The maximum Gasteiger partial charge on any atom is 0.339 e. The van der Waals surface area contributed by atoms with Crippen molar-refractivity contribution in [3.8, 4) is 5.75 Å². The summed E-state index contributed by atoms with van der Waals surface area (Å²) in [7, 11) is 3.93. The molecule has 1 atom stereocenters. The topological polar surface area (TPSA) is 63.0 Å². The zero-order valence-corrected chi connectivity index (χ0v) is 14.7. The van der Waals surface area contributed by atoms with Crippen LogP contribution in [0, 0.1) is 6.92 Å². The smallest absolute Gasteiger partial charge is 0.339 e. The van der Waals surface area contributed by atoms with Crippen molar-refractivity contribution in [3.05, 3.63) is 58.1 Å². The maximum absolute atomic E-state index is 12.6. The number of hydrogen-bond donors (Lipinski definition) is 0. The lowest BCUT2D eigenvalue weighted by Gasteiger charge is -2.18. The molecule has 6 heteroatoms. The van der Waals surface area contributed by atoms with Crippen LogP contribution < -0.4 is 15.3 Å². The lowest BCUT2D eigenvalue weighted by atomic mass is 10.2. The first-order valence-corrected chi connectivity index (χ1v) is 8.27. The van der Waals surface area contributed by atoms with E-state index in [0.717, 1.165) is 12.1 Å². The van der Waals surface area contributed by atoms with Gasteiger partial charge in [0.1, 0.15) is 17.6 Å². The number of nitrogens with zero attached hydrogens (tertiary/aromatic N) is 2. The van der Waals surface area contributed by atoms with E-state index in [4.69, 9.17) is 9.15 Å². The largest absolute Gasteiger partial charge is 0.488 e. The zero-order chi connectivity index (χ0) is 18.0. The third-order valence-electron chi connectivity index (χ3n) is 4.23. The number of benzene rings is 1. The molecule has 0 bridgehead atoms. The van der Waals surface area contributed by atoms with Gasteiger partial charge in [0.05, 0.1) is 12.6 Å². The molecule has 2 heterocycles. The van der Waals surface area contributed by atoms with Crippen LogP contribution in [0.25, 0.3) is 0 Å². The van der Waals surface area contributed by atoms with Gasteiger partial charge in [0.2, 0.25) is 0 Å². The predicted octanol–water partition coefficient (Wildman–Crippen LogP) is 2.31. The SMILES string of the molecule is Cc1cc(OC2CCN(C(=O)c3ccc(N(C)C)cc3)C2)cc(=O)o1. The van der Waals surface area contributed by atoms with Crippen LogP contribution in [0.2, 0.25) is 0 Å². The van der Waals surface area contributed by atoms with Crippen molar-refractivity contribution >= 4 is 11.6 Å². The van der Waals surface area contributed by atoms with Gasteiger partial charge in [0, 0.05) is 44.4 Å². The summed E-state index contributed by atoms with van der Waals surface area (Å²) in [6.07, 6.45) is 0.618. The van der Waals surface area contributed by atoms with Crippen LogP contribution in [0.5, 0.6) is 5.75 Å². The highest BCUT2D eigenvalue weighted by molar-refractivity contribution is 5.94. The molecule has 0 radical (unpaired) electrons. The molecule has 0 spiro atoms. The Labute approximate surface area is 146 Å². The summed E-state index contributed by atoms with van der Waals surface area (Å²) < 4.78 is 10.8. The molecule has 1 unspecified atom stereocenters. The summed E-state index contributed by atoms with van der Waals surface area (Å²) in [5, 5.41) is 0. The van der Waals surface area contributed by atoms with Gasteiger partial charge in [-0.25, -0.2) is 4.79 Å². The molecule has 1 fully saturated rings. The molecule has 3 rings (SSSR count). The van der Waals surface area contributed by atoms with Gasteiger partial charge in [0.15, 0.2) is 0 Å². The summed E-state index contributed by atoms with van der Waals surface area (Å²) in [6, 6.07) is 10.6. The van der Waals surface area contributed by atoms with Gasteiger partial charge in [-0.1, -0.05) is 0 Å². The highest BCUT2D eigenvalue weighted by Crippen LogP contribution is 2.21. The van der Waals surface area contributed by atoms with Crippen molar-refractivity contribution in [2.24, 2.45) is 0 Å². The second-order valence-corrected chi connectivity index (χ2v) is 6.44. The lowest BCUT2D eigenvalue weighted by Crippen LogP contribution is -2.31. The number of likely N-dealkylation sites (tertiary alicyclic amines) is 1. The first-order valence-electron chi connectivity index (χ1n) is 8.27. The molecule has 1 aromatic carbocycles. The molecule has 1 aliphatic heterocycles. The highest BCUT2D eigenvalue weighted by Gasteiger charge is 2.28. The fourth-order valence-electron chi connectivity index (χ4n) is 2.93. The fraction of sp³-hybridized carbons (Fsp3) is 0.368. The van der Waals surface area contributed by atoms with Crippen LogP contribution in [-0.2, 0) is 0 Å². The van der Waals surface area contributed by atoms with Crippen LogP contribution in [0.3, 0.4) is 0 Å². The van der Waals surface area contributed by atoms with Gasteiger partial charge >= 0.3 is 5.63 Å². The standard InChI is InChI=1S/C19H22N2O4/c1-13-10-17(11-18(22)24-13)25-16-8-9-21(12-16)19(23)14-4-6-15(7-5-14)20(2)3/h4-7,10-11,16H,8-9,12H2,1-3H3. The molecule has 1 saturated heterocycles. The maximum atomic E-state index is 12.6. The summed E-state index contributed by atoms with van der Waals surface area (Å²) in [5.74, 6) is 0.998. The third-order valence-corrected chi connectivity index (χ3v) is 4.23. The molecule has 1 aliphatic rings. The van der Waals surface area contributed by atoms with E-state index in [-0.39, 0.29) is 12.0 Å². The molecule has 1 amide bonds. The Kier molecular flexibility index (Phi) is 4.79. The van der Waals surface area contributed by atoms with Gasteiger partial charge in [-0.15, -0.1) is 0 Å². The van der Waals surface area contributed by atoms with Crippen molar-refractivity contribution in [1.82, 2.24) is 4.90 Å². The van der Waals surface area contributed by atoms with Crippen molar-refractivity contribution in [3.63, 3.8) is 0 Å². The summed E-state index contributed by atoms with van der Waals surface area (Å²) in [6.45, 7) is 2.85. The second-order valence-electron chi connectivity index (χ2n) is 6.44.